The Morgan fingerprint density at radius 2 is 2.16 bits per heavy atom. The number of ether oxygens (including phenoxy) is 1. The summed E-state index contributed by atoms with van der Waals surface area (Å²) in [5.41, 5.74) is 1.42. The number of aliphatic hydroxyl groups excluding tert-OH is 1. The number of nitrogens with one attached hydrogen (secondary N) is 1. The monoisotopic (exact) mass is 270 g/mol. The van der Waals surface area contributed by atoms with E-state index in [1.165, 1.54) is 6.07 Å². The van der Waals surface area contributed by atoms with Gasteiger partial charge in [-0.25, -0.2) is 4.39 Å². The van der Waals surface area contributed by atoms with Crippen molar-refractivity contribution in [1.29, 1.82) is 0 Å². The molecule has 0 aliphatic rings. The molecule has 1 aromatic carbocycles. The minimum Gasteiger partial charge on any atom is -0.395 e. The SMILES string of the molecule is CNC(C)c1cccc(F)c1N(CCO)CCOC. The number of aliphatic hydroxyl groups is 1. The fourth-order valence-electron chi connectivity index (χ4n) is 2.03. The number of para-hydroxylation sites is 1. The van der Waals surface area contributed by atoms with E-state index in [0.29, 0.717) is 25.4 Å². The maximum absolute atomic E-state index is 14.2. The van der Waals surface area contributed by atoms with E-state index < -0.39 is 0 Å². The van der Waals surface area contributed by atoms with Gasteiger partial charge in [-0.3, -0.25) is 0 Å². The summed E-state index contributed by atoms with van der Waals surface area (Å²) in [5.74, 6) is -0.274. The molecule has 0 spiro atoms. The second-order valence-electron chi connectivity index (χ2n) is 4.39. The zero-order valence-electron chi connectivity index (χ0n) is 11.8. The molecule has 0 bridgehead atoms. The van der Waals surface area contributed by atoms with Gasteiger partial charge in [-0.05, 0) is 25.6 Å². The fourth-order valence-corrected chi connectivity index (χ4v) is 2.03. The standard InChI is InChI=1S/C14H23FN2O2/c1-11(16-2)12-5-4-6-13(15)14(12)17(7-9-18)8-10-19-3/h4-6,11,16,18H,7-10H2,1-3H3. The molecule has 5 heteroatoms. The van der Waals surface area contributed by atoms with Crippen molar-refractivity contribution >= 4 is 5.69 Å². The molecule has 1 rings (SSSR count). The van der Waals surface area contributed by atoms with Crippen molar-refractivity contribution in [2.24, 2.45) is 0 Å². The summed E-state index contributed by atoms with van der Waals surface area (Å²) >= 11 is 0. The van der Waals surface area contributed by atoms with Crippen LogP contribution in [0, 0.1) is 5.82 Å². The molecule has 0 aromatic heterocycles. The number of halogens is 1. The summed E-state index contributed by atoms with van der Waals surface area (Å²) in [6.45, 7) is 3.37. The third-order valence-electron chi connectivity index (χ3n) is 3.17. The number of nitrogens with zero attached hydrogens (tertiary/aromatic N) is 1. The molecule has 0 heterocycles. The molecule has 0 radical (unpaired) electrons. The highest BCUT2D eigenvalue weighted by Gasteiger charge is 2.18. The van der Waals surface area contributed by atoms with E-state index in [1.54, 1.807) is 13.2 Å². The first kappa shape index (κ1) is 15.9. The molecule has 1 unspecified atom stereocenters. The van der Waals surface area contributed by atoms with E-state index in [1.807, 2.05) is 24.9 Å². The number of hydrogen-bond donors (Lipinski definition) is 2. The van der Waals surface area contributed by atoms with E-state index in [0.717, 1.165) is 5.56 Å². The molecule has 19 heavy (non-hydrogen) atoms. The van der Waals surface area contributed by atoms with Crippen molar-refractivity contribution in [3.05, 3.63) is 29.6 Å². The maximum atomic E-state index is 14.2. The Kier molecular flexibility index (Phi) is 6.77. The van der Waals surface area contributed by atoms with Gasteiger partial charge >= 0.3 is 0 Å². The van der Waals surface area contributed by atoms with Gasteiger partial charge in [-0.15, -0.1) is 0 Å². The molecule has 1 atom stereocenters. The quantitative estimate of drug-likeness (QED) is 0.752. The number of methoxy groups -OCH3 is 1. The average Bonchev–Trinajstić information content (AvgIpc) is 2.42. The highest BCUT2D eigenvalue weighted by Crippen LogP contribution is 2.29. The van der Waals surface area contributed by atoms with Crippen molar-refractivity contribution in [3.63, 3.8) is 0 Å². The molecule has 2 N–H and O–H groups in total. The molecular formula is C14H23FN2O2. The number of hydrogen-bond acceptors (Lipinski definition) is 4. The van der Waals surface area contributed by atoms with Crippen LogP contribution in [0.1, 0.15) is 18.5 Å². The first-order valence-corrected chi connectivity index (χ1v) is 6.46. The molecule has 0 fully saturated rings. The summed E-state index contributed by atoms with van der Waals surface area (Å²) in [6.07, 6.45) is 0. The Bertz CT molecular complexity index is 388. The minimum atomic E-state index is -0.274. The van der Waals surface area contributed by atoms with Gasteiger partial charge in [0.05, 0.1) is 18.9 Å². The minimum absolute atomic E-state index is 0.0224. The van der Waals surface area contributed by atoms with E-state index in [4.69, 9.17) is 9.84 Å². The van der Waals surface area contributed by atoms with Crippen LogP contribution in [-0.4, -0.2) is 45.6 Å². The lowest BCUT2D eigenvalue weighted by molar-refractivity contribution is 0.202. The van der Waals surface area contributed by atoms with Crippen LogP contribution in [0.3, 0.4) is 0 Å². The van der Waals surface area contributed by atoms with Crippen molar-refractivity contribution in [2.75, 3.05) is 45.4 Å². The Morgan fingerprint density at radius 3 is 2.74 bits per heavy atom. The molecule has 4 nitrogen and oxygen atoms in total. The average molecular weight is 270 g/mol. The first-order chi connectivity index (χ1) is 9.15. The summed E-state index contributed by atoms with van der Waals surface area (Å²) < 4.78 is 19.2. The van der Waals surface area contributed by atoms with Gasteiger partial charge in [0, 0.05) is 26.2 Å². The van der Waals surface area contributed by atoms with Gasteiger partial charge in [0.25, 0.3) is 0 Å². The molecular weight excluding hydrogens is 247 g/mol. The van der Waals surface area contributed by atoms with Crippen LogP contribution in [-0.2, 0) is 4.74 Å². The Morgan fingerprint density at radius 1 is 1.42 bits per heavy atom. The normalized spacial score (nSPS) is 12.5. The summed E-state index contributed by atoms with van der Waals surface area (Å²) in [7, 11) is 3.44. The topological polar surface area (TPSA) is 44.7 Å². The highest BCUT2D eigenvalue weighted by molar-refractivity contribution is 5.56. The molecule has 0 saturated heterocycles. The zero-order valence-corrected chi connectivity index (χ0v) is 11.8. The Hall–Kier alpha value is -1.17. The number of rotatable bonds is 8. The summed E-state index contributed by atoms with van der Waals surface area (Å²) in [4.78, 5) is 1.82. The smallest absolute Gasteiger partial charge is 0.146 e. The molecule has 1 aromatic rings. The van der Waals surface area contributed by atoms with Gasteiger partial charge in [-0.2, -0.15) is 0 Å². The fraction of sp³-hybridized carbons (Fsp3) is 0.571. The van der Waals surface area contributed by atoms with Crippen molar-refractivity contribution in [3.8, 4) is 0 Å². The lowest BCUT2D eigenvalue weighted by atomic mass is 10.0. The van der Waals surface area contributed by atoms with E-state index >= 15 is 0 Å². The van der Waals surface area contributed by atoms with Gasteiger partial charge < -0.3 is 20.1 Å². The van der Waals surface area contributed by atoms with Crippen LogP contribution in [0.25, 0.3) is 0 Å². The summed E-state index contributed by atoms with van der Waals surface area (Å²) in [5, 5.41) is 12.3. The Balaban J connectivity index is 3.11. The zero-order chi connectivity index (χ0) is 14.3. The molecule has 0 saturated carbocycles. The highest BCUT2D eigenvalue weighted by atomic mass is 19.1. The lowest BCUT2D eigenvalue weighted by Crippen LogP contribution is -2.32. The largest absolute Gasteiger partial charge is 0.395 e. The predicted molar refractivity (Wildman–Crippen MR) is 75.0 cm³/mol. The lowest BCUT2D eigenvalue weighted by Gasteiger charge is -2.28. The molecule has 108 valence electrons. The van der Waals surface area contributed by atoms with E-state index in [9.17, 15) is 4.39 Å². The van der Waals surface area contributed by atoms with Gasteiger partial charge in [0.15, 0.2) is 0 Å². The van der Waals surface area contributed by atoms with Gasteiger partial charge in [0.1, 0.15) is 5.82 Å². The second-order valence-corrected chi connectivity index (χ2v) is 4.39. The molecule has 0 aliphatic heterocycles. The second kappa shape index (κ2) is 8.09. The third-order valence-corrected chi connectivity index (χ3v) is 3.17. The van der Waals surface area contributed by atoms with Crippen molar-refractivity contribution in [2.45, 2.75) is 13.0 Å². The van der Waals surface area contributed by atoms with Crippen LogP contribution in [0.5, 0.6) is 0 Å². The number of benzene rings is 1. The molecule has 0 aliphatic carbocycles. The first-order valence-electron chi connectivity index (χ1n) is 6.46. The molecule has 0 amide bonds. The van der Waals surface area contributed by atoms with Crippen molar-refractivity contribution < 1.29 is 14.2 Å². The van der Waals surface area contributed by atoms with Crippen molar-refractivity contribution in [1.82, 2.24) is 5.32 Å². The van der Waals surface area contributed by atoms with Crippen LogP contribution in [0.15, 0.2) is 18.2 Å². The Labute approximate surface area is 114 Å². The van der Waals surface area contributed by atoms with Crippen LogP contribution in [0.2, 0.25) is 0 Å². The predicted octanol–water partition coefficient (Wildman–Crippen LogP) is 1.55. The van der Waals surface area contributed by atoms with Crippen LogP contribution in [0.4, 0.5) is 10.1 Å². The van der Waals surface area contributed by atoms with Gasteiger partial charge in [-0.1, -0.05) is 12.1 Å². The van der Waals surface area contributed by atoms with E-state index in [-0.39, 0.29) is 18.5 Å². The maximum Gasteiger partial charge on any atom is 0.146 e. The van der Waals surface area contributed by atoms with Crippen LogP contribution < -0.4 is 10.2 Å². The van der Waals surface area contributed by atoms with Gasteiger partial charge in [0.2, 0.25) is 0 Å². The van der Waals surface area contributed by atoms with Crippen LogP contribution >= 0.6 is 0 Å². The third kappa shape index (κ3) is 4.16. The van der Waals surface area contributed by atoms with E-state index in [2.05, 4.69) is 5.32 Å². The summed E-state index contributed by atoms with van der Waals surface area (Å²) in [6, 6.07) is 5.08. The number of anilines is 1.